The van der Waals surface area contributed by atoms with Crippen LogP contribution in [0.25, 0.3) is 0 Å². The molecular weight excluding hydrogens is 468 g/mol. The predicted molar refractivity (Wildman–Crippen MR) is 131 cm³/mol. The number of anilines is 2. The lowest BCUT2D eigenvalue weighted by Gasteiger charge is -2.29. The van der Waals surface area contributed by atoms with Crippen molar-refractivity contribution in [1.29, 1.82) is 0 Å². The van der Waals surface area contributed by atoms with E-state index in [9.17, 15) is 24.3 Å². The molecule has 10 nitrogen and oxygen atoms in total. The molecule has 1 saturated heterocycles. The highest BCUT2D eigenvalue weighted by molar-refractivity contribution is 5.96. The number of carbonyl (C=O) groups is 4. The molecule has 2 aromatic rings. The van der Waals surface area contributed by atoms with Gasteiger partial charge in [0, 0.05) is 30.9 Å². The summed E-state index contributed by atoms with van der Waals surface area (Å²) in [6, 6.07) is 10.4. The van der Waals surface area contributed by atoms with Gasteiger partial charge in [0.25, 0.3) is 0 Å². The highest BCUT2D eigenvalue weighted by atomic mass is 16.6. The first-order chi connectivity index (χ1) is 17.2. The van der Waals surface area contributed by atoms with Crippen LogP contribution in [0.1, 0.15) is 49.7 Å². The van der Waals surface area contributed by atoms with Gasteiger partial charge in [0.2, 0.25) is 5.91 Å². The van der Waals surface area contributed by atoms with E-state index in [-0.39, 0.29) is 37.3 Å². The molecule has 0 spiro atoms. The van der Waals surface area contributed by atoms with Crippen LogP contribution in [0.15, 0.2) is 36.4 Å². The van der Waals surface area contributed by atoms with Crippen molar-refractivity contribution in [3.8, 4) is 11.5 Å². The van der Waals surface area contributed by atoms with E-state index in [0.29, 0.717) is 12.3 Å². The Morgan fingerprint density at radius 3 is 2.14 bits per heavy atom. The molecular formula is C26H30N2O8. The lowest BCUT2D eigenvalue weighted by molar-refractivity contribution is -0.152. The molecule has 0 atom stereocenters. The summed E-state index contributed by atoms with van der Waals surface area (Å²) in [4.78, 5) is 44.1. The number of rotatable bonds is 3. The Morgan fingerprint density at radius 2 is 1.50 bits per heavy atom. The molecule has 1 amide bonds. The van der Waals surface area contributed by atoms with Crippen LogP contribution in [0, 0.1) is 0 Å². The number of aryl methyl sites for hydroxylation is 2. The van der Waals surface area contributed by atoms with E-state index in [2.05, 4.69) is 10.1 Å². The van der Waals surface area contributed by atoms with Gasteiger partial charge in [-0.15, -0.1) is 0 Å². The number of phenolic OH excluding ortho intramolecular Hbond substituents is 2. The minimum absolute atomic E-state index is 0.00957. The Hall–Kier alpha value is -4.08. The number of nitrogens with zero attached hydrogens (tertiary/aromatic N) is 1. The molecule has 0 bridgehead atoms. The fourth-order valence-corrected chi connectivity index (χ4v) is 4.09. The van der Waals surface area contributed by atoms with Crippen LogP contribution in [0.3, 0.4) is 0 Å². The highest BCUT2D eigenvalue weighted by Gasteiger charge is 2.23. The quantitative estimate of drug-likeness (QED) is 0.284. The van der Waals surface area contributed by atoms with Gasteiger partial charge in [-0.05, 0) is 73.2 Å². The summed E-state index contributed by atoms with van der Waals surface area (Å²) in [5.41, 5.74) is 4.13. The predicted octanol–water partition coefficient (Wildman–Crippen LogP) is 3.14. The van der Waals surface area contributed by atoms with Gasteiger partial charge in [0.15, 0.2) is 0 Å². The third kappa shape index (κ3) is 7.72. The summed E-state index contributed by atoms with van der Waals surface area (Å²) in [6.45, 7) is 1.66. The van der Waals surface area contributed by atoms with Crippen molar-refractivity contribution in [3.63, 3.8) is 0 Å². The molecule has 192 valence electrons. The molecule has 3 aliphatic rings. The second kappa shape index (κ2) is 12.6. The number of ether oxygens (including phenoxy) is 1. The van der Waals surface area contributed by atoms with E-state index >= 15 is 0 Å². The number of amides is 1. The smallest absolute Gasteiger partial charge is 0.314 e. The van der Waals surface area contributed by atoms with Crippen molar-refractivity contribution in [2.75, 3.05) is 23.3 Å². The molecule has 0 radical (unpaired) electrons. The van der Waals surface area contributed by atoms with Crippen molar-refractivity contribution in [1.82, 2.24) is 0 Å². The van der Waals surface area contributed by atoms with Crippen molar-refractivity contribution >= 4 is 35.2 Å². The third-order valence-electron chi connectivity index (χ3n) is 5.82. The molecule has 3 aliphatic heterocycles. The Kier molecular flexibility index (Phi) is 9.26. The molecule has 3 heterocycles. The number of esters is 2. The number of hydrogen-bond acceptors (Lipinski definition) is 8. The van der Waals surface area contributed by atoms with Crippen LogP contribution in [-0.4, -0.2) is 52.2 Å². The van der Waals surface area contributed by atoms with E-state index in [1.54, 1.807) is 29.2 Å². The second-order valence-corrected chi connectivity index (χ2v) is 8.57. The number of carbonyl (C=O) groups excluding carboxylic acids is 3. The van der Waals surface area contributed by atoms with Crippen molar-refractivity contribution in [3.05, 3.63) is 47.5 Å². The average molecular weight is 499 g/mol. The maximum atomic E-state index is 12.0. The fourth-order valence-electron chi connectivity index (χ4n) is 4.09. The van der Waals surface area contributed by atoms with Gasteiger partial charge < -0.3 is 30.3 Å². The number of nitrogens with one attached hydrogen (secondary N) is 1. The summed E-state index contributed by atoms with van der Waals surface area (Å²) in [5.74, 6) is -1.38. The monoisotopic (exact) mass is 498 g/mol. The largest absolute Gasteiger partial charge is 0.508 e. The number of aromatic hydroxyl groups is 2. The molecule has 10 heteroatoms. The first-order valence-electron chi connectivity index (χ1n) is 11.9. The van der Waals surface area contributed by atoms with E-state index in [4.69, 9.17) is 10.2 Å². The molecule has 0 saturated carbocycles. The van der Waals surface area contributed by atoms with E-state index in [1.165, 1.54) is 11.3 Å². The minimum atomic E-state index is -0.966. The van der Waals surface area contributed by atoms with E-state index in [0.717, 1.165) is 43.5 Å². The van der Waals surface area contributed by atoms with Gasteiger partial charge in [-0.3, -0.25) is 19.2 Å². The summed E-state index contributed by atoms with van der Waals surface area (Å²) in [6.07, 6.45) is 4.28. The number of phenols is 2. The molecule has 0 unspecified atom stereocenters. The Labute approximate surface area is 208 Å². The third-order valence-corrected chi connectivity index (χ3v) is 5.82. The first-order valence-corrected chi connectivity index (χ1v) is 11.9. The van der Waals surface area contributed by atoms with Gasteiger partial charge in [0.1, 0.15) is 11.5 Å². The highest BCUT2D eigenvalue weighted by Crippen LogP contribution is 2.30. The van der Waals surface area contributed by atoms with E-state index in [1.807, 2.05) is 12.1 Å². The standard InChI is InChI=1S/C13H15NO4.C9H11NO.C4H4O3/c15-10-3-4-11-9(8-10)2-1-7-14(11)12(16)5-6-13(17)18;11-8-3-4-9-7(6-8)2-1-5-10-9;5-3-1-2-4(6)7-3/h3-4,8,15H,1-2,5-7H2,(H,17,18);3-4,6,10-11H,1-2,5H2;1-2H2. The van der Waals surface area contributed by atoms with Crippen molar-refractivity contribution < 1.29 is 39.2 Å². The van der Waals surface area contributed by atoms with Crippen LogP contribution in [0.4, 0.5) is 11.4 Å². The lowest BCUT2D eigenvalue weighted by Crippen LogP contribution is -2.35. The summed E-state index contributed by atoms with van der Waals surface area (Å²) in [5, 5.41) is 30.4. The molecule has 1 fully saturated rings. The van der Waals surface area contributed by atoms with Crippen molar-refractivity contribution in [2.24, 2.45) is 0 Å². The minimum Gasteiger partial charge on any atom is -0.508 e. The van der Waals surface area contributed by atoms with E-state index < -0.39 is 17.9 Å². The number of cyclic esters (lactones) is 2. The lowest BCUT2D eigenvalue weighted by atomic mass is 10.0. The molecule has 0 aromatic heterocycles. The summed E-state index contributed by atoms with van der Waals surface area (Å²) < 4.78 is 4.08. The van der Waals surface area contributed by atoms with Crippen LogP contribution in [-0.2, 0) is 36.8 Å². The molecule has 5 rings (SSSR count). The summed E-state index contributed by atoms with van der Waals surface area (Å²) in [7, 11) is 0. The Balaban J connectivity index is 0.000000169. The van der Waals surface area contributed by atoms with Crippen LogP contribution < -0.4 is 10.2 Å². The van der Waals surface area contributed by atoms with Crippen LogP contribution >= 0.6 is 0 Å². The topological polar surface area (TPSA) is 153 Å². The average Bonchev–Trinajstić information content (AvgIpc) is 3.24. The van der Waals surface area contributed by atoms with Gasteiger partial charge in [-0.1, -0.05) is 0 Å². The number of benzene rings is 2. The van der Waals surface area contributed by atoms with Gasteiger partial charge >= 0.3 is 17.9 Å². The van der Waals surface area contributed by atoms with Crippen molar-refractivity contribution in [2.45, 2.75) is 51.4 Å². The number of carboxylic acids is 1. The normalized spacial score (nSPS) is 15.6. The first kappa shape index (κ1) is 26.5. The Morgan fingerprint density at radius 1 is 0.861 bits per heavy atom. The fraction of sp³-hybridized carbons (Fsp3) is 0.385. The zero-order chi connectivity index (χ0) is 26.1. The molecule has 0 aliphatic carbocycles. The number of aliphatic carboxylic acids is 1. The zero-order valence-electron chi connectivity index (χ0n) is 19.9. The van der Waals surface area contributed by atoms with Gasteiger partial charge in [0.05, 0.1) is 19.3 Å². The zero-order valence-corrected chi connectivity index (χ0v) is 19.9. The number of fused-ring (bicyclic) bond motifs is 2. The summed E-state index contributed by atoms with van der Waals surface area (Å²) >= 11 is 0. The molecule has 4 N–H and O–H groups in total. The number of hydrogen-bond donors (Lipinski definition) is 4. The Bertz CT molecular complexity index is 1120. The van der Waals surface area contributed by atoms with Crippen LogP contribution in [0.2, 0.25) is 0 Å². The maximum Gasteiger partial charge on any atom is 0.314 e. The van der Waals surface area contributed by atoms with Gasteiger partial charge in [-0.2, -0.15) is 0 Å². The maximum absolute atomic E-state index is 12.0. The second-order valence-electron chi connectivity index (χ2n) is 8.57. The molecule has 2 aromatic carbocycles. The van der Waals surface area contributed by atoms with Crippen LogP contribution in [0.5, 0.6) is 11.5 Å². The molecule has 36 heavy (non-hydrogen) atoms. The SMILES string of the molecule is O=C(O)CCC(=O)N1CCCc2cc(O)ccc21.O=C1CCC(=O)O1.Oc1ccc2c(c1)CCCN2. The van der Waals surface area contributed by atoms with Gasteiger partial charge in [-0.25, -0.2) is 0 Å². The number of carboxylic acid groups (broad SMARTS) is 1.